The number of aryl methyl sites for hydroxylation is 2. The second-order valence-corrected chi connectivity index (χ2v) is 8.31. The summed E-state index contributed by atoms with van der Waals surface area (Å²) in [6, 6.07) is 10.3. The van der Waals surface area contributed by atoms with Crippen molar-refractivity contribution in [2.24, 2.45) is 0 Å². The summed E-state index contributed by atoms with van der Waals surface area (Å²) in [7, 11) is 0. The number of nitrogens with zero attached hydrogens (tertiary/aromatic N) is 1. The summed E-state index contributed by atoms with van der Waals surface area (Å²) in [4.78, 5) is 37.2. The second-order valence-electron chi connectivity index (χ2n) is 6.39. The van der Waals surface area contributed by atoms with Gasteiger partial charge in [-0.1, -0.05) is 12.1 Å². The number of carbonyl (C=O) groups is 2. The Kier molecular flexibility index (Phi) is 6.76. The molecule has 0 saturated heterocycles. The molecule has 1 N–H and O–H groups in total. The van der Waals surface area contributed by atoms with E-state index in [0.29, 0.717) is 5.57 Å². The molecule has 2 aromatic heterocycles. The number of nitro benzene ring substituents is 1. The largest absolute Gasteiger partial charge is 0.452 e. The van der Waals surface area contributed by atoms with Crippen molar-refractivity contribution in [3.8, 4) is 0 Å². The number of esters is 1. The Hall–Kier alpha value is -3.30. The Balaban J connectivity index is 1.72. The van der Waals surface area contributed by atoms with Gasteiger partial charge in [-0.2, -0.15) is 0 Å². The van der Waals surface area contributed by atoms with Gasteiger partial charge < -0.3 is 10.1 Å². The first kappa shape index (κ1) is 21.4. The van der Waals surface area contributed by atoms with E-state index < -0.39 is 23.4 Å². The number of rotatable bonds is 7. The molecule has 3 rings (SSSR count). The van der Waals surface area contributed by atoms with Crippen molar-refractivity contribution in [1.82, 2.24) is 0 Å². The van der Waals surface area contributed by atoms with Gasteiger partial charge in [-0.15, -0.1) is 22.7 Å². The summed E-state index contributed by atoms with van der Waals surface area (Å²) in [5, 5.41) is 17.5. The molecule has 0 aliphatic carbocycles. The third-order valence-corrected chi connectivity index (χ3v) is 5.98. The summed E-state index contributed by atoms with van der Waals surface area (Å²) in [5.74, 6) is -1.30. The van der Waals surface area contributed by atoms with E-state index >= 15 is 0 Å². The van der Waals surface area contributed by atoms with Crippen LogP contribution in [-0.2, 0) is 14.3 Å². The topological polar surface area (TPSA) is 98.5 Å². The first-order valence-corrected chi connectivity index (χ1v) is 10.6. The number of anilines is 1. The minimum atomic E-state index is -0.656. The smallest absolute Gasteiger partial charge is 0.340 e. The summed E-state index contributed by atoms with van der Waals surface area (Å²) >= 11 is 2.86. The molecule has 30 heavy (non-hydrogen) atoms. The Morgan fingerprint density at radius 1 is 1.13 bits per heavy atom. The minimum absolute atomic E-state index is 0.0664. The number of thiophene rings is 2. The number of amides is 1. The van der Waals surface area contributed by atoms with Crippen molar-refractivity contribution in [2.45, 2.75) is 13.8 Å². The molecule has 1 amide bonds. The van der Waals surface area contributed by atoms with Crippen LogP contribution in [0.3, 0.4) is 0 Å². The Bertz CT molecular complexity index is 1100. The van der Waals surface area contributed by atoms with Gasteiger partial charge in [-0.3, -0.25) is 14.9 Å². The van der Waals surface area contributed by atoms with E-state index in [2.05, 4.69) is 5.32 Å². The fourth-order valence-corrected chi connectivity index (χ4v) is 4.01. The van der Waals surface area contributed by atoms with Gasteiger partial charge in [0.1, 0.15) is 5.69 Å². The average Bonchev–Trinajstić information content (AvgIpc) is 3.40. The maximum Gasteiger partial charge on any atom is 0.340 e. The first-order valence-electron chi connectivity index (χ1n) is 8.87. The lowest BCUT2D eigenvalue weighted by Crippen LogP contribution is -2.21. The molecule has 0 aliphatic rings. The molecule has 0 fully saturated rings. The number of ether oxygens (including phenoxy) is 1. The van der Waals surface area contributed by atoms with Gasteiger partial charge in [0.25, 0.3) is 11.6 Å². The number of benzene rings is 1. The highest BCUT2D eigenvalue weighted by atomic mass is 32.1. The van der Waals surface area contributed by atoms with Crippen LogP contribution in [-0.4, -0.2) is 23.4 Å². The van der Waals surface area contributed by atoms with Crippen molar-refractivity contribution in [2.75, 3.05) is 11.9 Å². The van der Waals surface area contributed by atoms with E-state index in [0.717, 1.165) is 20.9 Å². The van der Waals surface area contributed by atoms with Crippen molar-refractivity contribution in [3.05, 3.63) is 78.2 Å². The fraction of sp³-hybridized carbons (Fsp3) is 0.143. The second kappa shape index (κ2) is 9.47. The third-order valence-electron chi connectivity index (χ3n) is 4.25. The molecule has 0 saturated carbocycles. The number of hydrogen-bond acceptors (Lipinski definition) is 7. The van der Waals surface area contributed by atoms with Crippen LogP contribution in [0.15, 0.2) is 47.2 Å². The van der Waals surface area contributed by atoms with Gasteiger partial charge in [0.15, 0.2) is 6.61 Å². The SMILES string of the molecule is Cc1cc(NC(=O)COC(=O)/C(=C/c2cccs2)c2cccs2)c([N+](=O)[O-])cc1C. The normalized spacial score (nSPS) is 11.2. The van der Waals surface area contributed by atoms with E-state index in [4.69, 9.17) is 4.74 Å². The summed E-state index contributed by atoms with van der Waals surface area (Å²) in [6.07, 6.45) is 1.71. The number of carbonyl (C=O) groups excluding carboxylic acids is 2. The first-order chi connectivity index (χ1) is 14.3. The molecule has 0 aliphatic heterocycles. The maximum absolute atomic E-state index is 12.6. The zero-order valence-electron chi connectivity index (χ0n) is 16.2. The molecular formula is C21H18N2O5S2. The molecule has 0 unspecified atom stereocenters. The van der Waals surface area contributed by atoms with E-state index in [1.807, 2.05) is 29.0 Å². The molecule has 0 bridgehead atoms. The zero-order valence-corrected chi connectivity index (χ0v) is 17.8. The van der Waals surface area contributed by atoms with Gasteiger partial charge in [-0.25, -0.2) is 4.79 Å². The van der Waals surface area contributed by atoms with Gasteiger partial charge in [0.05, 0.1) is 10.5 Å². The summed E-state index contributed by atoms with van der Waals surface area (Å²) < 4.78 is 5.19. The summed E-state index contributed by atoms with van der Waals surface area (Å²) in [5.41, 5.74) is 1.74. The van der Waals surface area contributed by atoms with E-state index in [1.165, 1.54) is 34.8 Å². The molecule has 7 nitrogen and oxygen atoms in total. The highest BCUT2D eigenvalue weighted by Crippen LogP contribution is 2.28. The lowest BCUT2D eigenvalue weighted by molar-refractivity contribution is -0.384. The number of nitrogens with one attached hydrogen (secondary N) is 1. The van der Waals surface area contributed by atoms with Crippen LogP contribution in [0.1, 0.15) is 20.9 Å². The average molecular weight is 443 g/mol. The van der Waals surface area contributed by atoms with Gasteiger partial charge >= 0.3 is 5.97 Å². The third kappa shape index (κ3) is 5.19. The molecule has 2 heterocycles. The molecule has 1 aromatic carbocycles. The van der Waals surface area contributed by atoms with E-state index in [9.17, 15) is 19.7 Å². The zero-order chi connectivity index (χ0) is 21.7. The predicted octanol–water partition coefficient (Wildman–Crippen LogP) is 5.06. The molecule has 3 aromatic rings. The van der Waals surface area contributed by atoms with E-state index in [-0.39, 0.29) is 11.4 Å². The van der Waals surface area contributed by atoms with E-state index in [1.54, 1.807) is 26.0 Å². The predicted molar refractivity (Wildman–Crippen MR) is 119 cm³/mol. The van der Waals surface area contributed by atoms with Crippen molar-refractivity contribution >= 4 is 57.6 Å². The number of hydrogen-bond donors (Lipinski definition) is 1. The van der Waals surface area contributed by atoms with Crippen molar-refractivity contribution in [1.29, 1.82) is 0 Å². The van der Waals surface area contributed by atoms with Gasteiger partial charge in [-0.05, 0) is 60.0 Å². The van der Waals surface area contributed by atoms with Crippen LogP contribution < -0.4 is 5.32 Å². The van der Waals surface area contributed by atoms with Crippen molar-refractivity contribution < 1.29 is 19.2 Å². The Labute approximate surface area is 180 Å². The minimum Gasteiger partial charge on any atom is -0.452 e. The monoisotopic (exact) mass is 442 g/mol. The quantitative estimate of drug-likeness (QED) is 0.239. The highest BCUT2D eigenvalue weighted by Gasteiger charge is 2.20. The molecule has 0 radical (unpaired) electrons. The number of nitro groups is 1. The Morgan fingerprint density at radius 3 is 2.47 bits per heavy atom. The van der Waals surface area contributed by atoms with Crippen LogP contribution in [0.4, 0.5) is 11.4 Å². The fourth-order valence-electron chi connectivity index (χ4n) is 2.63. The lowest BCUT2D eigenvalue weighted by atomic mass is 10.1. The lowest BCUT2D eigenvalue weighted by Gasteiger charge is -2.10. The Morgan fingerprint density at radius 2 is 1.83 bits per heavy atom. The van der Waals surface area contributed by atoms with Crippen LogP contribution >= 0.6 is 22.7 Å². The van der Waals surface area contributed by atoms with Crippen LogP contribution in [0, 0.1) is 24.0 Å². The summed E-state index contributed by atoms with van der Waals surface area (Å²) in [6.45, 7) is 2.98. The standard InChI is InChI=1S/C21H18N2O5S2/c1-13-9-17(18(23(26)27)10-14(13)2)22-20(24)12-28-21(25)16(19-6-4-8-30-19)11-15-5-3-7-29-15/h3-11H,12H2,1-2H3,(H,22,24)/b16-11+. The molecule has 9 heteroatoms. The van der Waals surface area contributed by atoms with Crippen LogP contribution in [0.2, 0.25) is 0 Å². The van der Waals surface area contributed by atoms with Crippen molar-refractivity contribution in [3.63, 3.8) is 0 Å². The molecule has 154 valence electrons. The van der Waals surface area contributed by atoms with Crippen LogP contribution in [0.25, 0.3) is 11.6 Å². The molecule has 0 atom stereocenters. The molecule has 0 spiro atoms. The van der Waals surface area contributed by atoms with Gasteiger partial charge in [0, 0.05) is 15.8 Å². The van der Waals surface area contributed by atoms with Crippen LogP contribution in [0.5, 0.6) is 0 Å². The highest BCUT2D eigenvalue weighted by molar-refractivity contribution is 7.12. The maximum atomic E-state index is 12.6. The molecular weight excluding hydrogens is 424 g/mol. The van der Waals surface area contributed by atoms with Gasteiger partial charge in [0.2, 0.25) is 0 Å².